The molecule has 15 N–H and O–H groups in total. The highest BCUT2D eigenvalue weighted by Gasteiger charge is 2.27. The van der Waals surface area contributed by atoms with Gasteiger partial charge in [0.05, 0.1) is 51.8 Å². The Bertz CT molecular complexity index is 7310. The molecule has 38 heteroatoms. The second kappa shape index (κ2) is 53.9. The van der Waals surface area contributed by atoms with Gasteiger partial charge in [0.1, 0.15) is 122 Å². The van der Waals surface area contributed by atoms with Gasteiger partial charge in [0.25, 0.3) is 6.47 Å². The summed E-state index contributed by atoms with van der Waals surface area (Å²) in [6.07, 6.45) is 23.3. The molecule has 0 saturated heterocycles. The highest BCUT2D eigenvalue weighted by Crippen LogP contribution is 2.37. The predicted octanol–water partition coefficient (Wildman–Crippen LogP) is 19.4. The zero-order valence-electron chi connectivity index (χ0n) is 84.7. The second-order valence-electron chi connectivity index (χ2n) is 35.2. The first-order valence-electron chi connectivity index (χ1n) is 50.9. The number of hydrogen-bond acceptors (Lipinski definition) is 31. The van der Waals surface area contributed by atoms with E-state index in [2.05, 4.69) is 81.4 Å². The number of esters is 1. The molecule has 0 aliphatic heterocycles. The number of pyridine rings is 6. The Morgan fingerprint density at radius 2 is 0.589 bits per heavy atom. The van der Waals surface area contributed by atoms with E-state index in [-0.39, 0.29) is 23.5 Å². The van der Waals surface area contributed by atoms with Crippen molar-refractivity contribution in [2.45, 2.75) is 235 Å². The molecule has 37 nitrogen and oxygen atoms in total. The van der Waals surface area contributed by atoms with Crippen LogP contribution in [0.3, 0.4) is 0 Å². The van der Waals surface area contributed by atoms with Gasteiger partial charge in [0.2, 0.25) is 0 Å². The smallest absolute Gasteiger partial charge is 0.417 e. The summed E-state index contributed by atoms with van der Waals surface area (Å²) in [7, 11) is 0. The number of para-hydroxylation sites is 6. The van der Waals surface area contributed by atoms with E-state index in [1.165, 1.54) is 16.3 Å². The molecule has 0 spiro atoms. The Hall–Kier alpha value is -15.2. The summed E-state index contributed by atoms with van der Waals surface area (Å²) < 4.78 is 19.5. The van der Waals surface area contributed by atoms with Gasteiger partial charge in [-0.2, -0.15) is 23.7 Å². The molecular weight excluding hydrogens is 1870 g/mol. The van der Waals surface area contributed by atoms with E-state index >= 15 is 0 Å². The lowest BCUT2D eigenvalue weighted by Crippen LogP contribution is -2.17. The zero-order chi connectivity index (χ0) is 104. The number of nitrogens with zero attached hydrogens (tertiary/aromatic N) is 18. The summed E-state index contributed by atoms with van der Waals surface area (Å²) in [5, 5.41) is 34.6. The van der Waals surface area contributed by atoms with Gasteiger partial charge >= 0.3 is 12.1 Å². The minimum Gasteiger partial charge on any atom is -0.468 e. The monoisotopic (exact) mass is 2010 g/mol. The van der Waals surface area contributed by atoms with Crippen LogP contribution in [-0.2, 0) is 62.4 Å². The van der Waals surface area contributed by atoms with E-state index in [0.717, 1.165) is 276 Å². The third-order valence-corrected chi connectivity index (χ3v) is 25.5. The fraction of sp³-hybridized carbons (Fsp3) is 0.407. The summed E-state index contributed by atoms with van der Waals surface area (Å²) in [6, 6.07) is 46.5. The molecule has 0 amide bonds. The number of carbonyl (C=O) groups is 4. The van der Waals surface area contributed by atoms with Crippen LogP contribution in [0, 0.1) is 0 Å². The molecule has 146 heavy (non-hydrogen) atoms. The maximum atomic E-state index is 11.7. The standard InChI is InChI=1S/C21H28N4O3.C21H28N4O2S.C19H24N4O3.C18H24N4O2.C15H16N4O2.C14H16N4O/c1-3-5-12-17-24-19-20(15-10-6-7-11-16(15)23-21(19)22)25(17)28-14-9-8-13-27-18(26)4-2;1-3-5-12-17-24-19-20(15-10-6-7-11-16(15)23-21(19)22)25(17)27-13-8-9-14-28-18(26)4-2;1-2-3-10-16-22-17-18(23(16)26-12-7-6-11-25-13-24)14-8-4-5-9-15(14)21-19(17)20;1-2-3-10-15-21-16-17(22(15)24-12-7-6-11-23)13-8-4-5-9-14(13)20-18(16)19;1-2-3-8-11-18-12-13(19(11)15(20)21)9-6-4-5-7-10(9)17-14(12)16;1-2-3-8-11-17-12-13(18(11)19)9-6-4-5-7-10(9)16-14(12)15/h2*6-7,10-11H,3-5,8-9,12-14H2,1-2H3,(H2,22,23);4-5,8-9,13H,2-3,6-7,10-12H2,1H3,(H2,20,21);4-5,8-9,23H,2-3,6-7,10-12H2,1H3,(H2,19,20);4-7H,2-3,8H2,1H3,(H2,16,17)(H,20,21);4-7,19H,2-3,8H2,1H3,(H2,15,16). The van der Waals surface area contributed by atoms with Crippen LogP contribution in [-0.4, -0.2) is 179 Å². The first-order valence-corrected chi connectivity index (χ1v) is 51.9. The van der Waals surface area contributed by atoms with Crippen molar-refractivity contribution in [3.8, 4) is 0 Å². The van der Waals surface area contributed by atoms with Gasteiger partial charge in [-0.1, -0.05) is 215 Å². The number of imidazole rings is 6. The van der Waals surface area contributed by atoms with E-state index in [1.807, 2.05) is 171 Å². The lowest BCUT2D eigenvalue weighted by atomic mass is 10.2. The Balaban J connectivity index is 0.000000147. The molecule has 12 heterocycles. The van der Waals surface area contributed by atoms with E-state index in [1.54, 1.807) is 6.92 Å². The van der Waals surface area contributed by atoms with Gasteiger partial charge in [-0.15, -0.1) is 0 Å². The van der Waals surface area contributed by atoms with Crippen LogP contribution in [0.4, 0.5) is 39.7 Å². The van der Waals surface area contributed by atoms with Gasteiger partial charge in [0, 0.05) is 96.0 Å². The van der Waals surface area contributed by atoms with Crippen LogP contribution in [0.2, 0.25) is 0 Å². The molecule has 18 rings (SSSR count). The molecular formula is C108H136N24O13S. The number of nitrogens with two attached hydrogens (primary N) is 6. The maximum absolute atomic E-state index is 11.7. The third kappa shape index (κ3) is 26.3. The summed E-state index contributed by atoms with van der Waals surface area (Å²) >= 11 is 1.41. The van der Waals surface area contributed by atoms with Crippen molar-refractivity contribution in [2.75, 3.05) is 86.4 Å². The Morgan fingerprint density at radius 1 is 0.322 bits per heavy atom. The molecule has 0 aliphatic carbocycles. The van der Waals surface area contributed by atoms with Crippen LogP contribution >= 0.6 is 11.8 Å². The van der Waals surface area contributed by atoms with E-state index in [4.69, 9.17) is 88.3 Å². The topological polar surface area (TPSA) is 525 Å². The summed E-state index contributed by atoms with van der Waals surface area (Å²) in [6.45, 7) is 20.0. The number of aromatic nitrogens is 18. The van der Waals surface area contributed by atoms with Crippen LogP contribution in [0.25, 0.3) is 132 Å². The molecule has 772 valence electrons. The third-order valence-electron chi connectivity index (χ3n) is 24.4. The number of anilines is 6. The minimum atomic E-state index is -1.04. The highest BCUT2D eigenvalue weighted by molar-refractivity contribution is 8.13. The summed E-state index contributed by atoms with van der Waals surface area (Å²) in [5.74, 6) is 7.63. The van der Waals surface area contributed by atoms with Crippen LogP contribution in [0.15, 0.2) is 146 Å². The number of rotatable bonds is 44. The van der Waals surface area contributed by atoms with Crippen molar-refractivity contribution in [1.29, 1.82) is 0 Å². The van der Waals surface area contributed by atoms with E-state index in [0.29, 0.717) is 156 Å². The number of nitrogen functional groups attached to an aromatic ring is 6. The van der Waals surface area contributed by atoms with Gasteiger partial charge in [-0.3, -0.25) is 14.4 Å². The van der Waals surface area contributed by atoms with E-state index in [9.17, 15) is 29.5 Å². The van der Waals surface area contributed by atoms with Crippen molar-refractivity contribution >= 4 is 202 Å². The van der Waals surface area contributed by atoms with Gasteiger partial charge < -0.3 is 78.6 Å². The number of unbranched alkanes of at least 4 members (excludes halogenated alkanes) is 10. The fourth-order valence-corrected chi connectivity index (χ4v) is 17.6. The molecule has 0 fully saturated rings. The lowest BCUT2D eigenvalue weighted by Gasteiger charge is -2.12. The molecule has 12 aromatic heterocycles. The molecule has 0 atom stereocenters. The molecule has 6 aromatic carbocycles. The number of thioether (sulfide) groups is 1. The van der Waals surface area contributed by atoms with Crippen molar-refractivity contribution in [1.82, 2.24) is 88.0 Å². The van der Waals surface area contributed by atoms with Crippen LogP contribution in [0.5, 0.6) is 0 Å². The first kappa shape index (κ1) is 108. The Labute approximate surface area is 850 Å². The van der Waals surface area contributed by atoms with Crippen LogP contribution < -0.4 is 53.8 Å². The number of hydrogen-bond donors (Lipinski definition) is 9. The average molecular weight is 2010 g/mol. The lowest BCUT2D eigenvalue weighted by molar-refractivity contribution is -0.143. The van der Waals surface area contributed by atoms with Crippen molar-refractivity contribution in [3.05, 3.63) is 181 Å². The molecule has 0 aliphatic rings. The van der Waals surface area contributed by atoms with Gasteiger partial charge in [-0.05, 0) is 126 Å². The predicted molar refractivity (Wildman–Crippen MR) is 580 cm³/mol. The quantitative estimate of drug-likeness (QED) is 0.00741. The minimum absolute atomic E-state index is 0.169. The Morgan fingerprint density at radius 3 is 0.904 bits per heavy atom. The number of ether oxygens (including phenoxy) is 2. The number of aliphatic hydroxyl groups is 1. The SMILES string of the molecule is CCCCc1nc2c(N)nc3ccccc3c2n1C(=O)O.CCCCc1nc2c(N)nc3ccccc3c2n1O.CCCCc1nc2c(N)nc3ccccc3c2n1OCCCCO.CCCCc1nc2c(N)nc3ccccc3c2n1OCCCCOC(=O)CC.CCCCc1nc2c(N)nc3ccccc3c2n1OCCCCOC=O.CCCCc1nc2c(N)nc3ccccc3c2n1OCCCCSC(=O)CC. The molecule has 0 saturated carbocycles. The fourth-order valence-electron chi connectivity index (χ4n) is 16.9. The van der Waals surface area contributed by atoms with Crippen molar-refractivity contribution in [2.24, 2.45) is 0 Å². The number of carboxylic acid groups (broad SMARTS) is 1. The van der Waals surface area contributed by atoms with Gasteiger partial charge in [0.15, 0.2) is 40.0 Å². The summed E-state index contributed by atoms with van der Waals surface area (Å²) in [5.41, 5.74) is 49.8. The molecule has 0 bridgehead atoms. The number of benzene rings is 6. The average Bonchev–Trinajstić information content (AvgIpc) is 1.63. The number of aryl methyl sites for hydroxylation is 6. The normalized spacial score (nSPS) is 11.3. The summed E-state index contributed by atoms with van der Waals surface area (Å²) in [4.78, 5) is 123. The van der Waals surface area contributed by atoms with Gasteiger partial charge in [-0.25, -0.2) is 69.2 Å². The zero-order valence-corrected chi connectivity index (χ0v) is 85.6. The highest BCUT2D eigenvalue weighted by atomic mass is 32.2. The first-order chi connectivity index (χ1) is 71.2. The molecule has 0 radical (unpaired) electrons. The second-order valence-corrected chi connectivity index (χ2v) is 36.3. The molecule has 0 unspecified atom stereocenters. The number of aliphatic hydroxyl groups excluding tert-OH is 1. The van der Waals surface area contributed by atoms with Crippen molar-refractivity contribution < 1.29 is 63.4 Å². The van der Waals surface area contributed by atoms with Crippen molar-refractivity contribution in [3.63, 3.8) is 0 Å². The maximum Gasteiger partial charge on any atom is 0.417 e. The number of fused-ring (bicyclic) bond motifs is 18. The number of carbonyl (C=O) groups excluding carboxylic acids is 3. The largest absolute Gasteiger partial charge is 0.468 e. The Kier molecular flexibility index (Phi) is 39.9. The van der Waals surface area contributed by atoms with E-state index < -0.39 is 6.09 Å². The van der Waals surface area contributed by atoms with Crippen LogP contribution in [0.1, 0.15) is 232 Å². The molecule has 18 aromatic rings.